The minimum atomic E-state index is -0.922. The van der Waals surface area contributed by atoms with Gasteiger partial charge in [-0.25, -0.2) is 9.97 Å². The zero-order valence-corrected chi connectivity index (χ0v) is 14.0. The van der Waals surface area contributed by atoms with E-state index in [-0.39, 0.29) is 6.54 Å². The lowest BCUT2D eigenvalue weighted by molar-refractivity contribution is -0.138. The normalized spacial score (nSPS) is 10.7. The molecule has 2 aromatic rings. The summed E-state index contributed by atoms with van der Waals surface area (Å²) in [6.45, 7) is 0.239. The Morgan fingerprint density at radius 2 is 2.21 bits per heavy atom. The number of halogens is 1. The van der Waals surface area contributed by atoms with Gasteiger partial charge in [0.2, 0.25) is 5.95 Å². The number of rotatable bonds is 7. The molecule has 0 aliphatic carbocycles. The van der Waals surface area contributed by atoms with E-state index >= 15 is 0 Å². The fourth-order valence-corrected chi connectivity index (χ4v) is 2.46. The zero-order chi connectivity index (χ0) is 17.7. The first-order valence-electron chi connectivity index (χ1n) is 7.13. The molecular weight excluding hydrogens is 332 g/mol. The average Bonchev–Trinajstić information content (AvgIpc) is 2.55. The average molecular weight is 349 g/mol. The van der Waals surface area contributed by atoms with Gasteiger partial charge in [-0.2, -0.15) is 0 Å². The van der Waals surface area contributed by atoms with E-state index in [4.69, 9.17) is 16.7 Å². The Kier molecular flexibility index (Phi) is 5.83. The van der Waals surface area contributed by atoms with Gasteiger partial charge in [-0.3, -0.25) is 14.5 Å². The fraction of sp³-hybridized carbons (Fsp3) is 0.250. The molecule has 0 aliphatic heterocycles. The van der Waals surface area contributed by atoms with E-state index in [0.717, 1.165) is 11.8 Å². The maximum Gasteiger partial charge on any atom is 0.317 e. The van der Waals surface area contributed by atoms with Crippen LogP contribution in [0.2, 0.25) is 5.02 Å². The molecular formula is C16H17ClN4O3. The van der Waals surface area contributed by atoms with E-state index in [0.29, 0.717) is 34.3 Å². The predicted octanol–water partition coefficient (Wildman–Crippen LogP) is 2.17. The summed E-state index contributed by atoms with van der Waals surface area (Å²) in [7, 11) is 3.38. The molecule has 1 aromatic heterocycles. The van der Waals surface area contributed by atoms with Gasteiger partial charge in [0, 0.05) is 24.7 Å². The Bertz CT molecular complexity index is 767. The molecule has 0 aliphatic rings. The van der Waals surface area contributed by atoms with Crippen LogP contribution in [0.25, 0.3) is 11.3 Å². The molecule has 7 nitrogen and oxygen atoms in total. The smallest absolute Gasteiger partial charge is 0.317 e. The highest BCUT2D eigenvalue weighted by Crippen LogP contribution is 2.28. The van der Waals surface area contributed by atoms with Crippen LogP contribution in [-0.2, 0) is 11.3 Å². The molecule has 2 rings (SSSR count). The lowest BCUT2D eigenvalue weighted by Gasteiger charge is -2.16. The summed E-state index contributed by atoms with van der Waals surface area (Å²) < 4.78 is 0. The molecule has 0 amide bonds. The van der Waals surface area contributed by atoms with Crippen LogP contribution in [0.3, 0.4) is 0 Å². The van der Waals surface area contributed by atoms with Crippen LogP contribution in [-0.4, -0.2) is 52.9 Å². The summed E-state index contributed by atoms with van der Waals surface area (Å²) in [4.78, 5) is 32.1. The first kappa shape index (κ1) is 17.8. The third-order valence-corrected chi connectivity index (χ3v) is 3.64. The van der Waals surface area contributed by atoms with Crippen LogP contribution in [0.1, 0.15) is 15.9 Å². The number of carboxylic acids is 1. The summed E-state index contributed by atoms with van der Waals surface area (Å²) in [5.41, 5.74) is 2.40. The van der Waals surface area contributed by atoms with Crippen molar-refractivity contribution in [3.63, 3.8) is 0 Å². The van der Waals surface area contributed by atoms with E-state index < -0.39 is 5.97 Å². The number of carbonyl (C=O) groups excluding carboxylic acids is 1. The van der Waals surface area contributed by atoms with Gasteiger partial charge in [0.05, 0.1) is 23.5 Å². The third kappa shape index (κ3) is 4.27. The Morgan fingerprint density at radius 3 is 2.83 bits per heavy atom. The number of carbonyl (C=O) groups is 2. The van der Waals surface area contributed by atoms with Crippen molar-refractivity contribution in [2.75, 3.05) is 26.0 Å². The summed E-state index contributed by atoms with van der Waals surface area (Å²) in [6, 6.07) is 5.25. The minimum absolute atomic E-state index is 0.108. The van der Waals surface area contributed by atoms with Gasteiger partial charge >= 0.3 is 5.97 Å². The molecule has 0 radical (unpaired) electrons. The van der Waals surface area contributed by atoms with Crippen molar-refractivity contribution in [1.82, 2.24) is 14.9 Å². The topological polar surface area (TPSA) is 95.4 Å². The Labute approximate surface area is 144 Å². The highest BCUT2D eigenvalue weighted by molar-refractivity contribution is 6.32. The van der Waals surface area contributed by atoms with E-state index in [1.54, 1.807) is 37.2 Å². The molecule has 24 heavy (non-hydrogen) atoms. The zero-order valence-electron chi connectivity index (χ0n) is 13.3. The highest BCUT2D eigenvalue weighted by Gasteiger charge is 2.13. The molecule has 0 saturated carbocycles. The van der Waals surface area contributed by atoms with Gasteiger partial charge in [-0.1, -0.05) is 23.7 Å². The van der Waals surface area contributed by atoms with Crippen LogP contribution in [0, 0.1) is 0 Å². The Balaban J connectivity index is 2.35. The van der Waals surface area contributed by atoms with Crippen LogP contribution in [0.15, 0.2) is 24.4 Å². The van der Waals surface area contributed by atoms with Gasteiger partial charge in [0.15, 0.2) is 0 Å². The van der Waals surface area contributed by atoms with Gasteiger partial charge in [-0.05, 0) is 18.7 Å². The van der Waals surface area contributed by atoms with Crippen LogP contribution in [0.5, 0.6) is 0 Å². The van der Waals surface area contributed by atoms with Gasteiger partial charge < -0.3 is 10.4 Å². The van der Waals surface area contributed by atoms with E-state index in [1.807, 2.05) is 0 Å². The first-order valence-corrected chi connectivity index (χ1v) is 7.51. The standard InChI is InChI=1S/C16H17ClN4O3/c1-18-16-19-6-13(17)15(20-16)10-3-4-11(12(5-10)9-22)7-21(2)8-14(23)24/h3-6,9H,7-8H2,1-2H3,(H,23,24)(H,18,19,20). The summed E-state index contributed by atoms with van der Waals surface area (Å²) in [5.74, 6) is -0.499. The van der Waals surface area contributed by atoms with Crippen molar-refractivity contribution in [3.05, 3.63) is 40.5 Å². The number of hydrogen-bond acceptors (Lipinski definition) is 6. The second-order valence-corrected chi connectivity index (χ2v) is 5.64. The lowest BCUT2D eigenvalue weighted by Crippen LogP contribution is -2.25. The minimum Gasteiger partial charge on any atom is -0.480 e. The van der Waals surface area contributed by atoms with E-state index in [2.05, 4.69) is 15.3 Å². The van der Waals surface area contributed by atoms with Gasteiger partial charge in [0.1, 0.15) is 6.29 Å². The molecule has 0 spiro atoms. The van der Waals surface area contributed by atoms with Crippen LogP contribution >= 0.6 is 11.6 Å². The number of hydrogen-bond donors (Lipinski definition) is 2. The lowest BCUT2D eigenvalue weighted by atomic mass is 10.0. The SMILES string of the molecule is CNc1ncc(Cl)c(-c2ccc(CN(C)CC(=O)O)c(C=O)c2)n1. The second kappa shape index (κ2) is 7.85. The predicted molar refractivity (Wildman–Crippen MR) is 91.4 cm³/mol. The number of benzene rings is 1. The summed E-state index contributed by atoms with van der Waals surface area (Å²) in [5, 5.41) is 12.0. The number of nitrogens with one attached hydrogen (secondary N) is 1. The molecule has 0 bridgehead atoms. The number of nitrogens with zero attached hydrogens (tertiary/aromatic N) is 3. The van der Waals surface area contributed by atoms with Crippen molar-refractivity contribution in [3.8, 4) is 11.3 Å². The van der Waals surface area contributed by atoms with Gasteiger partial charge in [0.25, 0.3) is 0 Å². The van der Waals surface area contributed by atoms with E-state index in [9.17, 15) is 9.59 Å². The van der Waals surface area contributed by atoms with Crippen molar-refractivity contribution in [2.24, 2.45) is 0 Å². The molecule has 1 aromatic carbocycles. The van der Waals surface area contributed by atoms with Crippen molar-refractivity contribution < 1.29 is 14.7 Å². The largest absolute Gasteiger partial charge is 0.480 e. The fourth-order valence-electron chi connectivity index (χ4n) is 2.26. The maximum absolute atomic E-state index is 11.4. The second-order valence-electron chi connectivity index (χ2n) is 5.24. The summed E-state index contributed by atoms with van der Waals surface area (Å²) >= 11 is 6.15. The highest BCUT2D eigenvalue weighted by atomic mass is 35.5. The summed E-state index contributed by atoms with van der Waals surface area (Å²) in [6.07, 6.45) is 2.23. The Morgan fingerprint density at radius 1 is 1.46 bits per heavy atom. The van der Waals surface area contributed by atoms with Gasteiger partial charge in [-0.15, -0.1) is 0 Å². The number of carboxylic acid groups (broad SMARTS) is 1. The van der Waals surface area contributed by atoms with Crippen molar-refractivity contribution >= 4 is 29.8 Å². The van der Waals surface area contributed by atoms with Crippen LogP contribution < -0.4 is 5.32 Å². The molecule has 0 saturated heterocycles. The monoisotopic (exact) mass is 348 g/mol. The maximum atomic E-state index is 11.4. The molecule has 2 N–H and O–H groups in total. The van der Waals surface area contributed by atoms with E-state index in [1.165, 1.54) is 6.20 Å². The third-order valence-electron chi connectivity index (χ3n) is 3.36. The van der Waals surface area contributed by atoms with Crippen molar-refractivity contribution in [2.45, 2.75) is 6.54 Å². The molecule has 126 valence electrons. The van der Waals surface area contributed by atoms with Crippen LogP contribution in [0.4, 0.5) is 5.95 Å². The first-order chi connectivity index (χ1) is 11.4. The quantitative estimate of drug-likeness (QED) is 0.740. The Hall–Kier alpha value is -2.51. The molecule has 0 atom stereocenters. The number of aliphatic carboxylic acids is 1. The molecule has 0 fully saturated rings. The van der Waals surface area contributed by atoms with Crippen molar-refractivity contribution in [1.29, 1.82) is 0 Å². The molecule has 0 unspecified atom stereocenters. The molecule has 8 heteroatoms. The number of anilines is 1. The number of likely N-dealkylation sites (N-methyl/N-ethyl adjacent to an activating group) is 1. The number of aromatic nitrogens is 2. The molecule has 1 heterocycles. The number of aldehydes is 1.